The second-order valence-corrected chi connectivity index (χ2v) is 7.14. The number of nitrogens with zero attached hydrogens (tertiary/aromatic N) is 2. The van der Waals surface area contributed by atoms with Gasteiger partial charge in [-0.2, -0.15) is 5.10 Å². The van der Waals surface area contributed by atoms with E-state index in [4.69, 9.17) is 5.11 Å². The average Bonchev–Trinajstić information content (AvgIpc) is 2.95. The number of aliphatic carboxylic acids is 1. The molecule has 2 unspecified atom stereocenters. The van der Waals surface area contributed by atoms with Gasteiger partial charge in [-0.1, -0.05) is 18.2 Å². The molecule has 2 fully saturated rings. The Bertz CT molecular complexity index is 756. The van der Waals surface area contributed by atoms with E-state index in [1.807, 2.05) is 22.9 Å². The molecule has 0 radical (unpaired) electrons. The van der Waals surface area contributed by atoms with Crippen molar-refractivity contribution >= 4 is 5.97 Å². The minimum Gasteiger partial charge on any atom is -0.481 e. The summed E-state index contributed by atoms with van der Waals surface area (Å²) in [5, 5.41) is 17.4. The van der Waals surface area contributed by atoms with Gasteiger partial charge >= 0.3 is 5.97 Å². The first kappa shape index (κ1) is 15.4. The molecule has 1 aromatic carbocycles. The summed E-state index contributed by atoms with van der Waals surface area (Å²) in [6.07, 6.45) is 1.99. The summed E-state index contributed by atoms with van der Waals surface area (Å²) in [6.45, 7) is 4.96. The van der Waals surface area contributed by atoms with Gasteiger partial charge in [-0.3, -0.25) is 4.79 Å². The maximum atomic E-state index is 11.1. The molecule has 4 atom stereocenters. The fourth-order valence-electron chi connectivity index (χ4n) is 4.37. The molecular weight excluding hydrogens is 302 g/mol. The highest BCUT2D eigenvalue weighted by Crippen LogP contribution is 2.57. The standard InChI is InChI=1S/C19H23N3O2/c1-11-17(12(2)22(21-11)14-6-4-3-5-7-14)10-20-13-8-15-16(9-13)18(15)19(23)24/h3-7,13,15-16,18,20H,8-10H2,1-2H3,(H,23,24)/t13?,15-,16+,18?. The van der Waals surface area contributed by atoms with Crippen LogP contribution >= 0.6 is 0 Å². The number of hydrogen-bond acceptors (Lipinski definition) is 3. The van der Waals surface area contributed by atoms with Crippen LogP contribution in [0.5, 0.6) is 0 Å². The number of aryl methyl sites for hydroxylation is 1. The van der Waals surface area contributed by atoms with E-state index in [-0.39, 0.29) is 5.92 Å². The number of nitrogens with one attached hydrogen (secondary N) is 1. The number of benzene rings is 1. The second-order valence-electron chi connectivity index (χ2n) is 7.14. The fraction of sp³-hybridized carbons (Fsp3) is 0.474. The molecule has 4 rings (SSSR count). The van der Waals surface area contributed by atoms with Gasteiger partial charge in [-0.25, -0.2) is 4.68 Å². The number of carboxylic acids is 1. The normalized spacial score (nSPS) is 27.9. The Morgan fingerprint density at radius 3 is 2.54 bits per heavy atom. The lowest BCUT2D eigenvalue weighted by atomic mass is 10.1. The zero-order chi connectivity index (χ0) is 16.8. The first-order valence-electron chi connectivity index (χ1n) is 8.63. The summed E-state index contributed by atoms with van der Waals surface area (Å²) in [5.74, 6) is 0.107. The van der Waals surface area contributed by atoms with Crippen molar-refractivity contribution in [3.63, 3.8) is 0 Å². The van der Waals surface area contributed by atoms with Gasteiger partial charge in [0.25, 0.3) is 0 Å². The molecular formula is C19H23N3O2. The van der Waals surface area contributed by atoms with E-state index >= 15 is 0 Å². The Labute approximate surface area is 141 Å². The Kier molecular flexibility index (Phi) is 3.68. The molecule has 1 aromatic heterocycles. The predicted molar refractivity (Wildman–Crippen MR) is 91.0 cm³/mol. The topological polar surface area (TPSA) is 67.2 Å². The molecule has 1 heterocycles. The van der Waals surface area contributed by atoms with Gasteiger partial charge < -0.3 is 10.4 Å². The largest absolute Gasteiger partial charge is 0.481 e. The fourth-order valence-corrected chi connectivity index (χ4v) is 4.37. The highest BCUT2D eigenvalue weighted by atomic mass is 16.4. The van der Waals surface area contributed by atoms with Crippen molar-refractivity contribution in [3.8, 4) is 5.69 Å². The first-order chi connectivity index (χ1) is 11.6. The molecule has 0 spiro atoms. The van der Waals surface area contributed by atoms with Crippen LogP contribution < -0.4 is 5.32 Å². The summed E-state index contributed by atoms with van der Waals surface area (Å²) < 4.78 is 2.00. The van der Waals surface area contributed by atoms with Crippen molar-refractivity contribution in [2.75, 3.05) is 0 Å². The summed E-state index contributed by atoms with van der Waals surface area (Å²) >= 11 is 0. The maximum Gasteiger partial charge on any atom is 0.307 e. The van der Waals surface area contributed by atoms with E-state index in [2.05, 4.69) is 36.4 Å². The third kappa shape index (κ3) is 2.53. The summed E-state index contributed by atoms with van der Waals surface area (Å²) in [5.41, 5.74) is 4.54. The minimum absolute atomic E-state index is 0.0765. The third-order valence-corrected chi connectivity index (χ3v) is 5.74. The Balaban J connectivity index is 1.42. The second kappa shape index (κ2) is 5.74. The van der Waals surface area contributed by atoms with E-state index in [1.54, 1.807) is 0 Å². The summed E-state index contributed by atoms with van der Waals surface area (Å²) in [6, 6.07) is 10.6. The monoisotopic (exact) mass is 325 g/mol. The Morgan fingerprint density at radius 1 is 1.25 bits per heavy atom. The van der Waals surface area contributed by atoms with E-state index in [0.29, 0.717) is 17.9 Å². The predicted octanol–water partition coefficient (Wildman–Crippen LogP) is 2.69. The highest BCUT2D eigenvalue weighted by Gasteiger charge is 2.59. The van der Waals surface area contributed by atoms with Crippen LogP contribution in [0.2, 0.25) is 0 Å². The van der Waals surface area contributed by atoms with Crippen molar-refractivity contribution in [3.05, 3.63) is 47.3 Å². The zero-order valence-electron chi connectivity index (χ0n) is 14.1. The molecule has 2 aliphatic rings. The van der Waals surface area contributed by atoms with Gasteiger partial charge in [0.15, 0.2) is 0 Å². The number of carboxylic acid groups (broad SMARTS) is 1. The van der Waals surface area contributed by atoms with Crippen molar-refractivity contribution in [2.45, 2.75) is 39.3 Å². The van der Waals surface area contributed by atoms with E-state index in [1.165, 1.54) is 5.56 Å². The molecule has 0 amide bonds. The van der Waals surface area contributed by atoms with Crippen LogP contribution in [0.4, 0.5) is 0 Å². The van der Waals surface area contributed by atoms with Crippen molar-refractivity contribution in [1.82, 2.24) is 15.1 Å². The molecule has 24 heavy (non-hydrogen) atoms. The van der Waals surface area contributed by atoms with Crippen LogP contribution in [0.25, 0.3) is 5.69 Å². The first-order valence-corrected chi connectivity index (χ1v) is 8.63. The summed E-state index contributed by atoms with van der Waals surface area (Å²) in [4.78, 5) is 11.1. The Morgan fingerprint density at radius 2 is 1.92 bits per heavy atom. The van der Waals surface area contributed by atoms with Crippen LogP contribution in [0, 0.1) is 31.6 Å². The van der Waals surface area contributed by atoms with E-state index in [0.717, 1.165) is 36.5 Å². The average molecular weight is 325 g/mol. The molecule has 126 valence electrons. The molecule has 2 aliphatic carbocycles. The molecule has 0 saturated heterocycles. The quantitative estimate of drug-likeness (QED) is 0.887. The van der Waals surface area contributed by atoms with Crippen molar-refractivity contribution < 1.29 is 9.90 Å². The van der Waals surface area contributed by atoms with Crippen LogP contribution in [0.3, 0.4) is 0 Å². The van der Waals surface area contributed by atoms with Gasteiger partial charge in [0.1, 0.15) is 0 Å². The lowest BCUT2D eigenvalue weighted by Crippen LogP contribution is -2.29. The molecule has 2 aromatic rings. The number of carbonyl (C=O) groups is 1. The van der Waals surface area contributed by atoms with Gasteiger partial charge in [-0.05, 0) is 50.7 Å². The van der Waals surface area contributed by atoms with Gasteiger partial charge in [-0.15, -0.1) is 0 Å². The molecule has 0 aliphatic heterocycles. The SMILES string of the molecule is Cc1nn(-c2ccccc2)c(C)c1CNC1C[C@@H]2C(C(=O)O)[C@@H]2C1. The molecule has 0 bridgehead atoms. The smallest absolute Gasteiger partial charge is 0.307 e. The van der Waals surface area contributed by atoms with Gasteiger partial charge in [0.05, 0.1) is 17.3 Å². The van der Waals surface area contributed by atoms with Crippen LogP contribution in [-0.4, -0.2) is 26.9 Å². The Hall–Kier alpha value is -2.14. The highest BCUT2D eigenvalue weighted by molar-refractivity contribution is 5.74. The number of fused-ring (bicyclic) bond motifs is 1. The van der Waals surface area contributed by atoms with Gasteiger partial charge in [0, 0.05) is 23.8 Å². The lowest BCUT2D eigenvalue weighted by Gasteiger charge is -2.15. The van der Waals surface area contributed by atoms with Gasteiger partial charge in [0.2, 0.25) is 0 Å². The number of rotatable bonds is 5. The van der Waals surface area contributed by atoms with Crippen LogP contribution in [0.1, 0.15) is 29.8 Å². The molecule has 2 saturated carbocycles. The molecule has 2 N–H and O–H groups in total. The van der Waals surface area contributed by atoms with E-state index in [9.17, 15) is 4.79 Å². The molecule has 5 heteroatoms. The third-order valence-electron chi connectivity index (χ3n) is 5.74. The number of hydrogen-bond donors (Lipinski definition) is 2. The minimum atomic E-state index is -0.612. The zero-order valence-corrected chi connectivity index (χ0v) is 14.1. The lowest BCUT2D eigenvalue weighted by molar-refractivity contribution is -0.139. The van der Waals surface area contributed by atoms with Crippen molar-refractivity contribution in [1.29, 1.82) is 0 Å². The van der Waals surface area contributed by atoms with E-state index < -0.39 is 5.97 Å². The number of para-hydroxylation sites is 1. The molecule has 5 nitrogen and oxygen atoms in total. The van der Waals surface area contributed by atoms with Crippen LogP contribution in [0.15, 0.2) is 30.3 Å². The van der Waals surface area contributed by atoms with Crippen LogP contribution in [-0.2, 0) is 11.3 Å². The van der Waals surface area contributed by atoms with Crippen molar-refractivity contribution in [2.24, 2.45) is 17.8 Å². The summed E-state index contributed by atoms with van der Waals surface area (Å²) in [7, 11) is 0. The number of aromatic nitrogens is 2. The maximum absolute atomic E-state index is 11.1.